The van der Waals surface area contributed by atoms with Crippen LogP contribution in [-0.4, -0.2) is 63.7 Å². The Morgan fingerprint density at radius 3 is 2.68 bits per heavy atom. The molecule has 2 aliphatic heterocycles. The van der Waals surface area contributed by atoms with Gasteiger partial charge in [0.25, 0.3) is 0 Å². The van der Waals surface area contributed by atoms with Crippen molar-refractivity contribution in [3.05, 3.63) is 33.8 Å². The lowest BCUT2D eigenvalue weighted by Gasteiger charge is -2.26. The predicted molar refractivity (Wildman–Crippen MR) is 156 cm³/mol. The maximum atomic E-state index is 12.7. The topological polar surface area (TPSA) is 74.4 Å². The molecule has 0 N–H and O–H groups in total. The molecule has 0 aliphatic carbocycles. The first kappa shape index (κ1) is 26.7. The van der Waals surface area contributed by atoms with Crippen LogP contribution in [0.25, 0.3) is 22.3 Å². The summed E-state index contributed by atoms with van der Waals surface area (Å²) in [6, 6.07) is 5.55. The van der Waals surface area contributed by atoms with Gasteiger partial charge in [-0.25, -0.2) is 9.78 Å². The van der Waals surface area contributed by atoms with Gasteiger partial charge in [-0.05, 0) is 74.4 Å². The molecule has 3 aromatic rings. The van der Waals surface area contributed by atoms with E-state index in [2.05, 4.69) is 69.8 Å². The molecule has 1 fully saturated rings. The van der Waals surface area contributed by atoms with Gasteiger partial charge in [-0.3, -0.25) is 4.68 Å². The van der Waals surface area contributed by atoms with E-state index in [4.69, 9.17) is 19.6 Å². The highest BCUT2D eigenvalue weighted by molar-refractivity contribution is 14.1. The molecule has 0 aromatic carbocycles. The number of aryl methyl sites for hydroxylation is 1. The van der Waals surface area contributed by atoms with Crippen molar-refractivity contribution < 1.29 is 14.3 Å². The van der Waals surface area contributed by atoms with E-state index in [0.717, 1.165) is 57.9 Å². The van der Waals surface area contributed by atoms with Crippen LogP contribution in [-0.2, 0) is 28.2 Å². The Balaban J connectivity index is 1.33. The van der Waals surface area contributed by atoms with Gasteiger partial charge in [-0.2, -0.15) is 5.10 Å². The molecule has 1 amide bonds. The molecule has 1 unspecified atom stereocenters. The van der Waals surface area contributed by atoms with Gasteiger partial charge in [0.05, 0.1) is 5.69 Å². The van der Waals surface area contributed by atoms with Gasteiger partial charge in [0.1, 0.15) is 18.0 Å². The lowest BCUT2D eigenvalue weighted by atomic mass is 9.82. The summed E-state index contributed by atoms with van der Waals surface area (Å²) >= 11 is 2.38. The van der Waals surface area contributed by atoms with Crippen molar-refractivity contribution in [3.8, 4) is 11.3 Å². The van der Waals surface area contributed by atoms with Crippen LogP contribution in [0.5, 0.6) is 0 Å². The molecule has 3 aromatic heterocycles. The molecule has 5 heterocycles. The Kier molecular flexibility index (Phi) is 6.98. The number of hydrogen-bond acceptors (Lipinski definition) is 5. The van der Waals surface area contributed by atoms with E-state index in [1.54, 1.807) is 0 Å². The van der Waals surface area contributed by atoms with E-state index in [1.165, 1.54) is 5.69 Å². The zero-order valence-electron chi connectivity index (χ0n) is 22.8. The second-order valence-electron chi connectivity index (χ2n) is 12.7. The number of ether oxygens (including phenoxy) is 2. The zero-order chi connectivity index (χ0) is 26.6. The van der Waals surface area contributed by atoms with E-state index >= 15 is 0 Å². The quantitative estimate of drug-likeness (QED) is 0.186. The normalized spacial score (nSPS) is 19.8. The third-order valence-corrected chi connectivity index (χ3v) is 9.88. The summed E-state index contributed by atoms with van der Waals surface area (Å²) in [7, 11) is -1.11. The number of likely N-dealkylation sites (tertiary alicyclic amines) is 1. The fourth-order valence-corrected chi connectivity index (χ4v) is 6.77. The summed E-state index contributed by atoms with van der Waals surface area (Å²) in [5.74, 6) is 0. The molecule has 8 nitrogen and oxygen atoms in total. The third-order valence-electron chi connectivity index (χ3n) is 7.32. The monoisotopic (exact) mass is 635 g/mol. The number of hydrogen-bond donors (Lipinski definition) is 0. The summed E-state index contributed by atoms with van der Waals surface area (Å²) < 4.78 is 17.0. The first-order chi connectivity index (χ1) is 17.3. The van der Waals surface area contributed by atoms with E-state index in [1.807, 2.05) is 31.9 Å². The van der Waals surface area contributed by atoms with E-state index in [-0.39, 0.29) is 11.5 Å². The molecule has 0 bridgehead atoms. The van der Waals surface area contributed by atoms with Crippen molar-refractivity contribution in [2.75, 3.05) is 19.7 Å². The highest BCUT2D eigenvalue weighted by Crippen LogP contribution is 2.44. The summed E-state index contributed by atoms with van der Waals surface area (Å²) in [5.41, 5.74) is 3.57. The molecule has 5 rings (SSSR count). The maximum absolute atomic E-state index is 12.7. The van der Waals surface area contributed by atoms with Gasteiger partial charge in [-0.15, -0.1) is 0 Å². The lowest BCUT2D eigenvalue weighted by Crippen LogP contribution is -2.37. The van der Waals surface area contributed by atoms with Gasteiger partial charge < -0.3 is 18.9 Å². The Hall–Kier alpha value is -1.92. The average Bonchev–Trinajstić information content (AvgIpc) is 3.55. The maximum Gasteiger partial charge on any atom is 0.410 e. The van der Waals surface area contributed by atoms with Crippen LogP contribution >= 0.6 is 22.6 Å². The molecule has 10 heteroatoms. The molecular weight excluding hydrogens is 597 g/mol. The predicted octanol–water partition coefficient (Wildman–Crippen LogP) is 6.10. The fraction of sp³-hybridized carbons (Fsp3) is 0.593. The SMILES string of the molecule is CC(C)(C)OC(=O)N1CCC2(CCn3nc(-c4cnc5c(c4)c(I)cn5COCC[Si](C)(C)C)cc32)C1. The standard InChI is InChI=1S/C27H38IN5O3Si/c1-26(2,3)36-25(34)31-9-7-27(17-31)8-10-33-23(27)14-22(30-33)19-13-20-21(28)16-32(24(20)29-15-19)18-35-11-12-37(4,5)6/h13-16H,7-12,17-18H2,1-6H3. The number of carbonyl (C=O) groups is 1. The van der Waals surface area contributed by atoms with Crippen LogP contribution in [0.3, 0.4) is 0 Å². The summed E-state index contributed by atoms with van der Waals surface area (Å²) in [6.07, 6.45) is 5.75. The minimum atomic E-state index is -1.11. The van der Waals surface area contributed by atoms with Crippen LogP contribution in [0.1, 0.15) is 39.3 Å². The van der Waals surface area contributed by atoms with E-state index in [9.17, 15) is 4.79 Å². The Morgan fingerprint density at radius 2 is 1.95 bits per heavy atom. The second-order valence-corrected chi connectivity index (χ2v) is 19.5. The van der Waals surface area contributed by atoms with Gasteiger partial charge >= 0.3 is 6.09 Å². The van der Waals surface area contributed by atoms with Crippen molar-refractivity contribution in [2.45, 2.75) is 83.6 Å². The smallest absolute Gasteiger partial charge is 0.410 e. The number of nitrogens with zero attached hydrogens (tertiary/aromatic N) is 5. The Labute approximate surface area is 233 Å². The van der Waals surface area contributed by atoms with Gasteiger partial charge in [0.15, 0.2) is 0 Å². The van der Waals surface area contributed by atoms with Crippen molar-refractivity contribution in [3.63, 3.8) is 0 Å². The molecule has 37 heavy (non-hydrogen) atoms. The minimum absolute atomic E-state index is 0.0509. The summed E-state index contributed by atoms with van der Waals surface area (Å²) in [4.78, 5) is 19.4. The summed E-state index contributed by atoms with van der Waals surface area (Å²) in [5, 5.41) is 6.07. The number of aromatic nitrogens is 4. The van der Waals surface area contributed by atoms with Crippen LogP contribution < -0.4 is 0 Å². The molecule has 0 saturated carbocycles. The van der Waals surface area contributed by atoms with E-state index < -0.39 is 13.7 Å². The molecule has 1 saturated heterocycles. The number of pyridine rings is 1. The van der Waals surface area contributed by atoms with Gasteiger partial charge in [0.2, 0.25) is 0 Å². The van der Waals surface area contributed by atoms with Crippen molar-refractivity contribution in [2.24, 2.45) is 0 Å². The summed E-state index contributed by atoms with van der Waals surface area (Å²) in [6.45, 7) is 16.4. The van der Waals surface area contributed by atoms with E-state index in [0.29, 0.717) is 19.8 Å². The Bertz CT molecular complexity index is 1320. The zero-order valence-corrected chi connectivity index (χ0v) is 26.0. The van der Waals surface area contributed by atoms with Crippen LogP contribution in [0.2, 0.25) is 25.7 Å². The van der Waals surface area contributed by atoms with Crippen LogP contribution in [0.4, 0.5) is 4.79 Å². The van der Waals surface area contributed by atoms with Crippen molar-refractivity contribution in [1.29, 1.82) is 0 Å². The number of amides is 1. The number of carbonyl (C=O) groups excluding carboxylic acids is 1. The second kappa shape index (κ2) is 9.67. The van der Waals surface area contributed by atoms with Crippen LogP contribution in [0, 0.1) is 3.57 Å². The lowest BCUT2D eigenvalue weighted by molar-refractivity contribution is 0.0284. The number of rotatable bonds is 6. The molecule has 1 atom stereocenters. The average molecular weight is 636 g/mol. The van der Waals surface area contributed by atoms with Gasteiger partial charge in [-0.1, -0.05) is 19.6 Å². The largest absolute Gasteiger partial charge is 0.444 e. The first-order valence-electron chi connectivity index (χ1n) is 13.1. The molecule has 0 radical (unpaired) electrons. The Morgan fingerprint density at radius 1 is 1.19 bits per heavy atom. The number of fused-ring (bicyclic) bond motifs is 3. The van der Waals surface area contributed by atoms with Crippen LogP contribution in [0.15, 0.2) is 24.5 Å². The highest BCUT2D eigenvalue weighted by atomic mass is 127. The highest BCUT2D eigenvalue weighted by Gasteiger charge is 2.47. The van der Waals surface area contributed by atoms with Gasteiger partial charge in [0, 0.05) is 72.3 Å². The molecule has 2 aliphatic rings. The third kappa shape index (κ3) is 5.61. The molecule has 1 spiro atoms. The molecule has 200 valence electrons. The van der Waals surface area contributed by atoms with Crippen molar-refractivity contribution in [1.82, 2.24) is 24.2 Å². The number of halogens is 1. The van der Waals surface area contributed by atoms with Crippen molar-refractivity contribution >= 4 is 47.8 Å². The fourth-order valence-electron chi connectivity index (χ4n) is 5.28. The molecular formula is C27H38IN5O3Si. The minimum Gasteiger partial charge on any atom is -0.444 e. The first-order valence-corrected chi connectivity index (χ1v) is 17.9.